The lowest BCUT2D eigenvalue weighted by atomic mass is 9.94. The number of halogens is 3. The molecule has 3 aliphatic carbocycles. The van der Waals surface area contributed by atoms with E-state index in [2.05, 4.69) is 214 Å². The number of hydrogen-bond donors (Lipinski definition) is 1. The van der Waals surface area contributed by atoms with Crippen molar-refractivity contribution in [1.82, 2.24) is 0 Å². The van der Waals surface area contributed by atoms with Gasteiger partial charge in [0.2, 0.25) is 0 Å². The maximum absolute atomic E-state index is 12.1. The van der Waals surface area contributed by atoms with Crippen molar-refractivity contribution >= 4 is 120 Å². The molecule has 3 aliphatic rings. The molecule has 0 aromatic heterocycles. The van der Waals surface area contributed by atoms with Gasteiger partial charge in [0.15, 0.2) is 34.7 Å². The standard InChI is InChI=1S/C35H40O2P.C18H15P.C17H25BrO2.C11H21BrO2.C7H6O2.BrH/c1-29-27-35(37)30(28-34(29)36)19-11-6-4-2-3-5-7-18-26-38(31-20-12-8-13-21-31,32-22-14-9-15-23-32)33-24-16-10-17-25-33;1-4-10-16(11-5-1)19(17-12-6-2-7-13-17)18-14-8-3-9-15-18;1-14-12-17(20)15(13-16(14)19)10-8-6-4-2-3-5-7-9-11-18;12-10-8-6-4-2-1-3-5-7-9-11(13)14;1-5-4-6(8)2-3-7(5)9;/h8-10,12-17,20-25,27-28H,2-7,11,18-19,26H2,1H3;1-15H;12-13H,2-11H2,1H3;1-10H2,(H,13,14);2-4H,1H3;1H/q+1;;;;;/p-1. The fourth-order valence-electron chi connectivity index (χ4n) is 12.1. The second kappa shape index (κ2) is 52.5. The number of alkyl halides is 2. The van der Waals surface area contributed by atoms with Gasteiger partial charge in [-0.3, -0.25) is 33.6 Å². The molecular formula is C88H107Br3O8P2. The van der Waals surface area contributed by atoms with Crippen molar-refractivity contribution in [3.63, 3.8) is 0 Å². The zero-order valence-corrected chi connectivity index (χ0v) is 66.5. The minimum Gasteiger partial charge on any atom is -1.00 e. The molecular weight excluding hydrogens is 1490 g/mol. The summed E-state index contributed by atoms with van der Waals surface area (Å²) in [7, 11) is -2.16. The molecule has 9 rings (SSSR count). The van der Waals surface area contributed by atoms with Crippen LogP contribution in [0.15, 0.2) is 252 Å². The first-order valence-electron chi connectivity index (χ1n) is 36.4. The number of carbonyl (C=O) groups excluding carboxylic acids is 6. The van der Waals surface area contributed by atoms with Crippen LogP contribution in [0.3, 0.4) is 0 Å². The van der Waals surface area contributed by atoms with Gasteiger partial charge in [-0.15, -0.1) is 0 Å². The highest BCUT2D eigenvalue weighted by atomic mass is 79.9. The number of aliphatic carboxylic acids is 1. The summed E-state index contributed by atoms with van der Waals surface area (Å²) in [6.07, 6.45) is 42.0. The van der Waals surface area contributed by atoms with Crippen molar-refractivity contribution in [2.24, 2.45) is 0 Å². The highest BCUT2D eigenvalue weighted by Crippen LogP contribution is 2.56. The Balaban J connectivity index is 0.000000291. The number of allylic oxidation sites excluding steroid dienone is 12. The molecule has 13 heteroatoms. The molecule has 0 unspecified atom stereocenters. The summed E-state index contributed by atoms with van der Waals surface area (Å²) in [6, 6.07) is 65.8. The topological polar surface area (TPSA) is 140 Å². The van der Waals surface area contributed by atoms with Crippen molar-refractivity contribution in [3.05, 3.63) is 252 Å². The maximum Gasteiger partial charge on any atom is 0.303 e. The average molecular weight is 1590 g/mol. The maximum atomic E-state index is 12.1. The van der Waals surface area contributed by atoms with Crippen LogP contribution < -0.4 is 48.8 Å². The van der Waals surface area contributed by atoms with Crippen LogP contribution in [0.1, 0.15) is 194 Å². The van der Waals surface area contributed by atoms with Gasteiger partial charge in [-0.25, -0.2) is 0 Å². The van der Waals surface area contributed by atoms with Crippen LogP contribution in [-0.2, 0) is 33.6 Å². The number of ketones is 6. The summed E-state index contributed by atoms with van der Waals surface area (Å²) >= 11 is 6.85. The summed E-state index contributed by atoms with van der Waals surface area (Å²) in [6.45, 7) is 5.03. The zero-order chi connectivity index (χ0) is 71.8. The minimum absolute atomic E-state index is 0. The lowest BCUT2D eigenvalue weighted by Gasteiger charge is -2.27. The summed E-state index contributed by atoms with van der Waals surface area (Å²) in [4.78, 5) is 78.4. The number of carbonyl (C=O) groups is 7. The summed E-state index contributed by atoms with van der Waals surface area (Å²) < 4.78 is 0. The van der Waals surface area contributed by atoms with Crippen LogP contribution in [0, 0.1) is 0 Å². The Morgan fingerprint density at radius 3 is 0.931 bits per heavy atom. The molecule has 0 amide bonds. The summed E-state index contributed by atoms with van der Waals surface area (Å²) in [5.74, 6) is -0.826. The van der Waals surface area contributed by atoms with E-state index in [9.17, 15) is 33.6 Å². The first kappa shape index (κ1) is 87.0. The van der Waals surface area contributed by atoms with E-state index in [-0.39, 0.29) is 51.7 Å². The molecule has 0 spiro atoms. The normalized spacial score (nSPS) is 13.3. The Morgan fingerprint density at radius 2 is 0.624 bits per heavy atom. The van der Waals surface area contributed by atoms with E-state index in [0.717, 1.165) is 62.0 Å². The first-order valence-corrected chi connectivity index (χ1v) is 42.0. The van der Waals surface area contributed by atoms with Crippen molar-refractivity contribution in [3.8, 4) is 0 Å². The van der Waals surface area contributed by atoms with Crippen LogP contribution in [0.5, 0.6) is 0 Å². The van der Waals surface area contributed by atoms with Gasteiger partial charge in [0.25, 0.3) is 0 Å². The number of benzene rings is 6. The number of hydrogen-bond acceptors (Lipinski definition) is 7. The summed E-state index contributed by atoms with van der Waals surface area (Å²) in [5, 5.41) is 19.2. The number of rotatable bonds is 37. The van der Waals surface area contributed by atoms with Gasteiger partial charge < -0.3 is 22.1 Å². The molecule has 0 radical (unpaired) electrons. The number of carboxylic acids is 1. The van der Waals surface area contributed by atoms with Gasteiger partial charge >= 0.3 is 5.97 Å². The van der Waals surface area contributed by atoms with E-state index in [1.807, 2.05) is 0 Å². The second-order valence-electron chi connectivity index (χ2n) is 25.8. The van der Waals surface area contributed by atoms with Crippen molar-refractivity contribution in [1.29, 1.82) is 0 Å². The quantitative estimate of drug-likeness (QED) is 0.0176. The minimum atomic E-state index is -1.71. The fraction of sp³-hybridized carbons (Fsp3) is 0.375. The predicted octanol–water partition coefficient (Wildman–Crippen LogP) is 17.5. The molecule has 0 heterocycles. The fourth-order valence-corrected chi connectivity index (χ4v) is 19.6. The van der Waals surface area contributed by atoms with Crippen molar-refractivity contribution in [2.75, 3.05) is 16.8 Å². The van der Waals surface area contributed by atoms with Crippen LogP contribution in [0.2, 0.25) is 0 Å². The monoisotopic (exact) mass is 1590 g/mol. The number of unbranched alkanes of at least 4 members (excludes halogenated alkanes) is 21. The van der Waals surface area contributed by atoms with Crippen LogP contribution in [-0.4, -0.2) is 62.6 Å². The van der Waals surface area contributed by atoms with Crippen LogP contribution >= 0.6 is 47.0 Å². The van der Waals surface area contributed by atoms with Crippen LogP contribution in [0.25, 0.3) is 0 Å². The van der Waals surface area contributed by atoms with Gasteiger partial charge in [-0.1, -0.05) is 287 Å². The highest BCUT2D eigenvalue weighted by molar-refractivity contribution is 9.09. The van der Waals surface area contributed by atoms with Crippen LogP contribution in [0.4, 0.5) is 0 Å². The molecule has 101 heavy (non-hydrogen) atoms. The van der Waals surface area contributed by atoms with E-state index in [4.69, 9.17) is 5.11 Å². The third-order valence-electron chi connectivity index (χ3n) is 17.8. The van der Waals surface area contributed by atoms with E-state index in [0.29, 0.717) is 34.3 Å². The zero-order valence-electron chi connectivity index (χ0n) is 59.9. The van der Waals surface area contributed by atoms with E-state index in [1.165, 1.54) is 190 Å². The molecule has 8 nitrogen and oxygen atoms in total. The molecule has 0 atom stereocenters. The average Bonchev–Trinajstić information content (AvgIpc) is 0.760. The van der Waals surface area contributed by atoms with E-state index < -0.39 is 21.2 Å². The van der Waals surface area contributed by atoms with Gasteiger partial charge in [0.05, 0.1) is 6.16 Å². The molecule has 1 N–H and O–H groups in total. The summed E-state index contributed by atoms with van der Waals surface area (Å²) in [5.41, 5.74) is 3.00. The third-order valence-corrected chi connectivity index (χ3v) is 25.9. The van der Waals surface area contributed by atoms with Gasteiger partial charge in [0.1, 0.15) is 23.2 Å². The van der Waals surface area contributed by atoms with Gasteiger partial charge in [-0.05, 0) is 181 Å². The third kappa shape index (κ3) is 33.7. The van der Waals surface area contributed by atoms with Gasteiger partial charge in [0, 0.05) is 44.9 Å². The molecule has 6 aromatic rings. The predicted molar refractivity (Wildman–Crippen MR) is 432 cm³/mol. The van der Waals surface area contributed by atoms with E-state index >= 15 is 0 Å². The highest BCUT2D eigenvalue weighted by Gasteiger charge is 2.44. The first-order chi connectivity index (χ1) is 48.7. The Morgan fingerprint density at radius 1 is 0.337 bits per heavy atom. The second-order valence-corrected chi connectivity index (χ2v) is 33.2. The smallest absolute Gasteiger partial charge is 0.303 e. The molecule has 538 valence electrons. The van der Waals surface area contributed by atoms with Crippen molar-refractivity contribution in [2.45, 2.75) is 194 Å². The molecule has 0 aliphatic heterocycles. The van der Waals surface area contributed by atoms with E-state index in [1.54, 1.807) is 26.8 Å². The molecule has 0 saturated heterocycles. The molecule has 0 fully saturated rings. The van der Waals surface area contributed by atoms with Crippen molar-refractivity contribution < 1.29 is 55.6 Å². The molecule has 0 saturated carbocycles. The SMILES string of the molecule is CC1=CC(=O)C(CCCCCCCCCCBr)=CC1=O.CC1=CC(=O)C(CCCCCCCCCC[P+](c2ccccc2)(c2ccccc2)c2ccccc2)=CC1=O.CC1=CC(=O)C=CC1=O.O=C(O)CCCCCCCCCCBr.[Br-].c1ccc(P(c2ccccc2)c2ccccc2)cc1. The lowest BCUT2D eigenvalue weighted by molar-refractivity contribution is -0.137. The molecule has 6 aromatic carbocycles. The lowest BCUT2D eigenvalue weighted by Crippen LogP contribution is -3.00. The Hall–Kier alpha value is -6.45. The largest absolute Gasteiger partial charge is 1.00 e. The molecule has 0 bridgehead atoms. The number of carboxylic acid groups (broad SMARTS) is 1. The Kier molecular flexibility index (Phi) is 45.2. The Labute approximate surface area is 633 Å². The van der Waals surface area contributed by atoms with Gasteiger partial charge in [-0.2, -0.15) is 0 Å². The Bertz CT molecular complexity index is 3410.